The van der Waals surface area contributed by atoms with Crippen LogP contribution in [0.1, 0.15) is 59.3 Å². The van der Waals surface area contributed by atoms with Crippen molar-refractivity contribution < 1.29 is 18.7 Å². The van der Waals surface area contributed by atoms with Gasteiger partial charge in [0.15, 0.2) is 11.6 Å². The Balaban J connectivity index is 1.36. The van der Waals surface area contributed by atoms with Gasteiger partial charge in [0.05, 0.1) is 18.5 Å². The smallest absolute Gasteiger partial charge is 0.319 e. The summed E-state index contributed by atoms with van der Waals surface area (Å²) in [6, 6.07) is 10.1. The van der Waals surface area contributed by atoms with Crippen molar-refractivity contribution in [3.05, 3.63) is 65.6 Å². The minimum Gasteiger partial charge on any atom is -0.462 e. The molecular formula is C33H37FN6O3. The van der Waals surface area contributed by atoms with E-state index in [1.807, 2.05) is 17.0 Å². The first-order chi connectivity index (χ1) is 20.7. The van der Waals surface area contributed by atoms with E-state index in [1.165, 1.54) is 4.90 Å². The lowest BCUT2D eigenvalue weighted by Crippen LogP contribution is -2.56. The zero-order valence-corrected chi connectivity index (χ0v) is 24.6. The molecule has 1 spiro atoms. The molecule has 0 radical (unpaired) electrons. The van der Waals surface area contributed by atoms with Crippen LogP contribution in [0.25, 0.3) is 5.57 Å². The number of nitrogens with zero attached hydrogens (tertiary/aromatic N) is 6. The number of carbonyl (C=O) groups is 2. The van der Waals surface area contributed by atoms with Crippen molar-refractivity contribution in [1.82, 2.24) is 19.8 Å². The Bertz CT molecular complexity index is 1530. The molecule has 10 heteroatoms. The molecule has 6 rings (SSSR count). The molecular weight excluding hydrogens is 547 g/mol. The number of hydrogen-bond acceptors (Lipinski definition) is 8. The molecule has 2 aliphatic heterocycles. The Hall–Kier alpha value is -4.10. The molecule has 4 aliphatic rings. The molecule has 224 valence electrons. The van der Waals surface area contributed by atoms with Gasteiger partial charge in [-0.05, 0) is 68.8 Å². The highest BCUT2D eigenvalue weighted by Crippen LogP contribution is 2.49. The van der Waals surface area contributed by atoms with Crippen molar-refractivity contribution in [3.8, 4) is 12.1 Å². The monoisotopic (exact) mass is 584 g/mol. The summed E-state index contributed by atoms with van der Waals surface area (Å²) in [5.74, 6) is -1.28. The van der Waals surface area contributed by atoms with Crippen LogP contribution < -0.4 is 9.64 Å². The number of anilines is 1. The van der Waals surface area contributed by atoms with Gasteiger partial charge in [-0.25, -0.2) is 4.39 Å². The number of carbonyl (C=O) groups excluding carboxylic acids is 2. The fraction of sp³-hybridized carbons (Fsp3) is 0.485. The van der Waals surface area contributed by atoms with Crippen LogP contribution in [0.4, 0.5) is 10.2 Å². The minimum atomic E-state index is -1.05. The number of likely N-dealkylation sites (tertiary alicyclic amines) is 1. The summed E-state index contributed by atoms with van der Waals surface area (Å²) in [7, 11) is 2.07. The van der Waals surface area contributed by atoms with E-state index in [1.54, 1.807) is 0 Å². The molecule has 1 aromatic carbocycles. The van der Waals surface area contributed by atoms with Crippen LogP contribution in [0, 0.1) is 16.7 Å². The highest BCUT2D eigenvalue weighted by Gasteiger charge is 2.48. The molecule has 0 bridgehead atoms. The van der Waals surface area contributed by atoms with Crippen LogP contribution in [-0.4, -0.2) is 83.4 Å². The molecule has 2 saturated heterocycles. The maximum Gasteiger partial charge on any atom is 0.319 e. The predicted octanol–water partition coefficient (Wildman–Crippen LogP) is 4.14. The average Bonchev–Trinajstić information content (AvgIpc) is 3.42. The van der Waals surface area contributed by atoms with Crippen molar-refractivity contribution in [1.29, 1.82) is 5.26 Å². The van der Waals surface area contributed by atoms with Crippen LogP contribution in [0.3, 0.4) is 0 Å². The van der Waals surface area contributed by atoms with E-state index in [2.05, 4.69) is 43.3 Å². The topological polar surface area (TPSA) is 103 Å². The number of amides is 1. The van der Waals surface area contributed by atoms with E-state index in [9.17, 15) is 19.2 Å². The molecule has 1 amide bonds. The van der Waals surface area contributed by atoms with Gasteiger partial charge in [0.25, 0.3) is 5.91 Å². The third-order valence-corrected chi connectivity index (χ3v) is 9.67. The van der Waals surface area contributed by atoms with Crippen LogP contribution in [0.2, 0.25) is 0 Å². The molecule has 3 atom stereocenters. The van der Waals surface area contributed by atoms with Gasteiger partial charge < -0.3 is 19.4 Å². The zero-order valence-electron chi connectivity index (χ0n) is 24.6. The van der Waals surface area contributed by atoms with Crippen molar-refractivity contribution in [2.45, 2.75) is 57.0 Å². The third kappa shape index (κ3) is 5.31. The number of benzene rings is 1. The lowest BCUT2D eigenvalue weighted by Gasteiger charge is -2.43. The second-order valence-corrected chi connectivity index (χ2v) is 12.3. The number of allylic oxidation sites excluding steroid dienone is 1. The van der Waals surface area contributed by atoms with Crippen LogP contribution in [0.15, 0.2) is 43.3 Å². The molecule has 0 unspecified atom stereocenters. The number of aromatic nitrogens is 2. The Morgan fingerprint density at radius 1 is 1.21 bits per heavy atom. The van der Waals surface area contributed by atoms with E-state index in [0.717, 1.165) is 41.6 Å². The van der Waals surface area contributed by atoms with Gasteiger partial charge in [-0.2, -0.15) is 15.2 Å². The first-order valence-electron chi connectivity index (χ1n) is 15.0. The number of fused-ring (bicyclic) bond motifs is 2. The quantitative estimate of drug-likeness (QED) is 0.467. The summed E-state index contributed by atoms with van der Waals surface area (Å²) in [5, 5.41) is 9.49. The van der Waals surface area contributed by atoms with Crippen molar-refractivity contribution in [3.63, 3.8) is 0 Å². The number of Topliss-reactive ketones (excluding diaryl/α,β-unsaturated/α-hetero) is 1. The van der Waals surface area contributed by atoms with Crippen LogP contribution in [-0.2, 0) is 17.6 Å². The van der Waals surface area contributed by atoms with E-state index in [0.29, 0.717) is 50.3 Å². The molecule has 1 aromatic heterocycles. The summed E-state index contributed by atoms with van der Waals surface area (Å²) < 4.78 is 20.0. The molecule has 0 N–H and O–H groups in total. The first kappa shape index (κ1) is 29.0. The summed E-state index contributed by atoms with van der Waals surface area (Å²) in [6.07, 6.45) is 4.58. The Kier molecular flexibility index (Phi) is 7.77. The number of nitriles is 1. The van der Waals surface area contributed by atoms with Crippen molar-refractivity contribution >= 4 is 23.1 Å². The summed E-state index contributed by atoms with van der Waals surface area (Å²) in [5.41, 5.74) is 3.71. The molecule has 2 aliphatic carbocycles. The maximum absolute atomic E-state index is 14.5. The number of hydrogen-bond donors (Lipinski definition) is 0. The molecule has 43 heavy (non-hydrogen) atoms. The number of piperazine rings is 1. The number of ketones is 1. The normalized spacial score (nSPS) is 25.3. The molecule has 0 saturated carbocycles. The Morgan fingerprint density at radius 2 is 2.02 bits per heavy atom. The predicted molar refractivity (Wildman–Crippen MR) is 160 cm³/mol. The van der Waals surface area contributed by atoms with Gasteiger partial charge >= 0.3 is 6.01 Å². The fourth-order valence-electron chi connectivity index (χ4n) is 7.32. The highest BCUT2D eigenvalue weighted by molar-refractivity contribution is 6.04. The van der Waals surface area contributed by atoms with Crippen LogP contribution in [0.5, 0.6) is 6.01 Å². The fourth-order valence-corrected chi connectivity index (χ4v) is 7.32. The van der Waals surface area contributed by atoms with Gasteiger partial charge in [0, 0.05) is 36.7 Å². The second kappa shape index (κ2) is 11.5. The lowest BCUT2D eigenvalue weighted by atomic mass is 9.61. The number of likely N-dealkylation sites (N-methyl/N-ethyl adjacent to an activating group) is 1. The van der Waals surface area contributed by atoms with Gasteiger partial charge in [-0.3, -0.25) is 9.59 Å². The number of halogens is 1. The van der Waals surface area contributed by atoms with Crippen molar-refractivity contribution in [2.24, 2.45) is 5.41 Å². The van der Waals surface area contributed by atoms with Gasteiger partial charge in [0.2, 0.25) is 0 Å². The summed E-state index contributed by atoms with van der Waals surface area (Å²) in [6.45, 7) is 9.74. The zero-order chi connectivity index (χ0) is 30.3. The van der Waals surface area contributed by atoms with Crippen LogP contribution >= 0.6 is 0 Å². The van der Waals surface area contributed by atoms with E-state index < -0.39 is 23.2 Å². The third-order valence-electron chi connectivity index (χ3n) is 9.67. The largest absolute Gasteiger partial charge is 0.462 e. The molecule has 2 fully saturated rings. The van der Waals surface area contributed by atoms with Crippen molar-refractivity contribution in [2.75, 3.05) is 44.7 Å². The Labute approximate surface area is 251 Å². The number of ether oxygens (including phenoxy) is 1. The molecule has 3 heterocycles. The van der Waals surface area contributed by atoms with Gasteiger partial charge in [-0.1, -0.05) is 37.4 Å². The van der Waals surface area contributed by atoms with Gasteiger partial charge in [0.1, 0.15) is 18.1 Å². The van der Waals surface area contributed by atoms with Gasteiger partial charge in [-0.15, -0.1) is 0 Å². The van der Waals surface area contributed by atoms with E-state index in [4.69, 9.17) is 14.7 Å². The first-order valence-corrected chi connectivity index (χ1v) is 15.0. The number of rotatable bonds is 6. The maximum atomic E-state index is 14.5. The average molecular weight is 585 g/mol. The molecule has 2 aromatic rings. The summed E-state index contributed by atoms with van der Waals surface area (Å²) >= 11 is 0. The Morgan fingerprint density at radius 3 is 2.77 bits per heavy atom. The lowest BCUT2D eigenvalue weighted by molar-refractivity contribution is -0.131. The SMILES string of the molecule is C=C(F)C(=O)N1CCN(c2nc(OC[C@@H]3CCCN3C)nc3c2CC[C@@]2(CC(=C)c4ccccc4C2)C3=O)C[C@@H]1CC#N. The molecule has 9 nitrogen and oxygen atoms in total. The standard InChI is InChI=1S/C33H37FN6O3/c1-21-17-33(18-23-7-4-5-9-26(21)23)12-10-27-28(29(33)41)36-32(43-20-25-8-6-14-38(25)3)37-30(27)39-15-16-40(31(42)22(2)34)24(19-39)11-13-35/h4-5,7,9,24-25H,1-2,6,8,10-12,14-20H2,3H3/t24-,25-,33-/m0/s1. The van der Waals surface area contributed by atoms with E-state index in [-0.39, 0.29) is 37.3 Å². The second-order valence-electron chi connectivity index (χ2n) is 12.3. The summed E-state index contributed by atoms with van der Waals surface area (Å²) in [4.78, 5) is 42.2. The van der Waals surface area contributed by atoms with E-state index >= 15 is 0 Å². The highest BCUT2D eigenvalue weighted by atomic mass is 19.1. The minimum absolute atomic E-state index is 0.0213.